The average molecular weight is 433 g/mol. The van der Waals surface area contributed by atoms with Crippen molar-refractivity contribution in [3.8, 4) is 5.75 Å². The summed E-state index contributed by atoms with van der Waals surface area (Å²) < 4.78 is 31.3. The summed E-state index contributed by atoms with van der Waals surface area (Å²) in [4.78, 5) is 34.8. The summed E-state index contributed by atoms with van der Waals surface area (Å²) in [6, 6.07) is 10.6. The Hall–Kier alpha value is -3.40. The smallest absolute Gasteiger partial charge is 0.328 e. The van der Waals surface area contributed by atoms with Crippen molar-refractivity contribution in [2.75, 3.05) is 11.9 Å². The van der Waals surface area contributed by atoms with Gasteiger partial charge in [0.25, 0.3) is 15.9 Å². The quantitative estimate of drug-likeness (QED) is 0.333. The Morgan fingerprint density at radius 2 is 1.60 bits per heavy atom. The molecule has 3 N–H and O–H groups in total. The normalized spacial score (nSPS) is 10.7. The molecule has 9 nitrogen and oxygen atoms in total. The summed E-state index contributed by atoms with van der Waals surface area (Å²) in [5.74, 6) is -0.566. The van der Waals surface area contributed by atoms with Gasteiger partial charge in [0.05, 0.1) is 4.90 Å². The second-order valence-corrected chi connectivity index (χ2v) is 7.99. The number of unbranched alkanes of at least 4 members (excludes halogenated alkanes) is 1. The molecular weight excluding hydrogens is 410 g/mol. The Morgan fingerprint density at radius 3 is 2.17 bits per heavy atom. The molecule has 0 aliphatic heterocycles. The molecule has 30 heavy (non-hydrogen) atoms. The fourth-order valence-corrected chi connectivity index (χ4v) is 3.29. The molecule has 0 radical (unpaired) electrons. The maximum atomic E-state index is 12.3. The highest BCUT2D eigenvalue weighted by molar-refractivity contribution is 7.90. The van der Waals surface area contributed by atoms with Crippen LogP contribution in [0.5, 0.6) is 5.75 Å². The molecule has 2 rings (SSSR count). The third-order valence-corrected chi connectivity index (χ3v) is 5.19. The Morgan fingerprint density at radius 1 is 0.967 bits per heavy atom. The zero-order valence-corrected chi connectivity index (χ0v) is 17.4. The second kappa shape index (κ2) is 10.4. The standard InChI is InChI=1S/C20H23N3O6S/c1-3-4-13-21-20(26)23-30(27,28)18-11-7-16(8-12-18)22-19(25)15-5-9-17(10-6-15)29-14(2)24/h5-12H,3-4,13H2,1-2H3,(H,22,25)(H2,21,23,26). The number of carbonyl (C=O) groups is 3. The van der Waals surface area contributed by atoms with Gasteiger partial charge in [0.15, 0.2) is 0 Å². The fourth-order valence-electron chi connectivity index (χ4n) is 2.36. The van der Waals surface area contributed by atoms with Gasteiger partial charge >= 0.3 is 12.0 Å². The Bertz CT molecular complexity index is 1000. The van der Waals surface area contributed by atoms with Crippen LogP contribution in [0.3, 0.4) is 0 Å². The van der Waals surface area contributed by atoms with E-state index in [1.165, 1.54) is 55.5 Å². The molecule has 2 aromatic carbocycles. The lowest BCUT2D eigenvalue weighted by Gasteiger charge is -2.10. The van der Waals surface area contributed by atoms with Crippen molar-refractivity contribution in [1.29, 1.82) is 0 Å². The lowest BCUT2D eigenvalue weighted by atomic mass is 10.2. The van der Waals surface area contributed by atoms with Gasteiger partial charge in [-0.3, -0.25) is 9.59 Å². The van der Waals surface area contributed by atoms with E-state index in [1.807, 2.05) is 11.6 Å². The van der Waals surface area contributed by atoms with Crippen LogP contribution in [0.25, 0.3) is 0 Å². The number of ether oxygens (including phenoxy) is 1. The van der Waals surface area contributed by atoms with Gasteiger partial charge in [-0.15, -0.1) is 0 Å². The van der Waals surface area contributed by atoms with Crippen molar-refractivity contribution in [2.45, 2.75) is 31.6 Å². The number of hydrogen-bond donors (Lipinski definition) is 3. The summed E-state index contributed by atoms with van der Waals surface area (Å²) in [5, 5.41) is 5.10. The number of sulfonamides is 1. The summed E-state index contributed by atoms with van der Waals surface area (Å²) in [7, 11) is -4.02. The van der Waals surface area contributed by atoms with Crippen LogP contribution >= 0.6 is 0 Å². The van der Waals surface area contributed by atoms with Crippen LogP contribution in [-0.2, 0) is 14.8 Å². The van der Waals surface area contributed by atoms with Gasteiger partial charge in [0.2, 0.25) is 0 Å². The van der Waals surface area contributed by atoms with E-state index < -0.39 is 27.9 Å². The number of esters is 1. The zero-order valence-electron chi connectivity index (χ0n) is 16.6. The molecule has 0 heterocycles. The summed E-state index contributed by atoms with van der Waals surface area (Å²) in [6.45, 7) is 3.61. The molecule has 0 aromatic heterocycles. The molecule has 3 amide bonds. The van der Waals surface area contributed by atoms with Gasteiger partial charge in [-0.1, -0.05) is 13.3 Å². The highest BCUT2D eigenvalue weighted by Crippen LogP contribution is 2.17. The van der Waals surface area contributed by atoms with Crippen molar-refractivity contribution in [3.63, 3.8) is 0 Å². The van der Waals surface area contributed by atoms with E-state index in [0.717, 1.165) is 12.8 Å². The number of hydrogen-bond acceptors (Lipinski definition) is 6. The number of urea groups is 1. The number of anilines is 1. The van der Waals surface area contributed by atoms with Gasteiger partial charge in [-0.25, -0.2) is 17.9 Å². The molecule has 0 atom stereocenters. The molecule has 0 fully saturated rings. The fraction of sp³-hybridized carbons (Fsp3) is 0.250. The third-order valence-electron chi connectivity index (χ3n) is 3.84. The first-order chi connectivity index (χ1) is 14.2. The molecule has 0 bridgehead atoms. The first-order valence-electron chi connectivity index (χ1n) is 9.22. The van der Waals surface area contributed by atoms with Crippen LogP contribution in [0.4, 0.5) is 10.5 Å². The maximum Gasteiger partial charge on any atom is 0.328 e. The zero-order chi connectivity index (χ0) is 22.1. The van der Waals surface area contributed by atoms with Crippen LogP contribution in [0, 0.1) is 0 Å². The van der Waals surface area contributed by atoms with Crippen LogP contribution in [0.15, 0.2) is 53.4 Å². The van der Waals surface area contributed by atoms with Crippen molar-refractivity contribution >= 4 is 33.6 Å². The van der Waals surface area contributed by atoms with Crippen molar-refractivity contribution in [3.05, 3.63) is 54.1 Å². The molecule has 2 aromatic rings. The SMILES string of the molecule is CCCCNC(=O)NS(=O)(=O)c1ccc(NC(=O)c2ccc(OC(C)=O)cc2)cc1. The monoisotopic (exact) mass is 433 g/mol. The van der Waals surface area contributed by atoms with E-state index in [-0.39, 0.29) is 4.90 Å². The van der Waals surface area contributed by atoms with Gasteiger partial charge in [0.1, 0.15) is 5.75 Å². The molecule has 10 heteroatoms. The predicted molar refractivity (Wildman–Crippen MR) is 111 cm³/mol. The lowest BCUT2D eigenvalue weighted by Crippen LogP contribution is -2.39. The van der Waals surface area contributed by atoms with Crippen LogP contribution in [0.2, 0.25) is 0 Å². The van der Waals surface area contributed by atoms with Crippen LogP contribution < -0.4 is 20.1 Å². The maximum absolute atomic E-state index is 12.3. The van der Waals surface area contributed by atoms with Crippen molar-refractivity contribution < 1.29 is 27.5 Å². The lowest BCUT2D eigenvalue weighted by molar-refractivity contribution is -0.131. The van der Waals surface area contributed by atoms with E-state index in [2.05, 4.69) is 10.6 Å². The van der Waals surface area contributed by atoms with E-state index in [1.54, 1.807) is 0 Å². The molecule has 0 spiro atoms. The highest BCUT2D eigenvalue weighted by Gasteiger charge is 2.17. The number of benzene rings is 2. The third kappa shape index (κ3) is 6.89. The number of carbonyl (C=O) groups excluding carboxylic acids is 3. The van der Waals surface area contributed by atoms with E-state index >= 15 is 0 Å². The summed E-state index contributed by atoms with van der Waals surface area (Å²) >= 11 is 0. The van der Waals surface area contributed by atoms with E-state index in [4.69, 9.17) is 4.74 Å². The molecule has 160 valence electrons. The Kier molecular flexibility index (Phi) is 7.93. The minimum atomic E-state index is -4.02. The molecule has 0 unspecified atom stereocenters. The minimum absolute atomic E-state index is 0.114. The molecule has 0 saturated carbocycles. The van der Waals surface area contributed by atoms with E-state index in [9.17, 15) is 22.8 Å². The average Bonchev–Trinajstić information content (AvgIpc) is 2.68. The number of rotatable bonds is 8. The van der Waals surface area contributed by atoms with Gasteiger partial charge in [0, 0.05) is 24.7 Å². The Balaban J connectivity index is 1.98. The van der Waals surface area contributed by atoms with Gasteiger partial charge in [-0.05, 0) is 55.0 Å². The minimum Gasteiger partial charge on any atom is -0.427 e. The van der Waals surface area contributed by atoms with Gasteiger partial charge in [-0.2, -0.15) is 0 Å². The Labute approximate surface area is 174 Å². The number of nitrogens with one attached hydrogen (secondary N) is 3. The molecule has 0 aliphatic carbocycles. The molecule has 0 aliphatic rings. The highest BCUT2D eigenvalue weighted by atomic mass is 32.2. The second-order valence-electron chi connectivity index (χ2n) is 6.31. The number of amides is 3. The molecular formula is C20H23N3O6S. The van der Waals surface area contributed by atoms with Crippen LogP contribution in [-0.4, -0.2) is 32.9 Å². The summed E-state index contributed by atoms with van der Waals surface area (Å²) in [6.07, 6.45) is 1.62. The largest absolute Gasteiger partial charge is 0.427 e. The van der Waals surface area contributed by atoms with Gasteiger partial charge < -0.3 is 15.4 Å². The first-order valence-corrected chi connectivity index (χ1v) is 10.7. The van der Waals surface area contributed by atoms with Crippen molar-refractivity contribution in [1.82, 2.24) is 10.0 Å². The molecule has 0 saturated heterocycles. The summed E-state index contributed by atoms with van der Waals surface area (Å²) in [5.41, 5.74) is 0.698. The first kappa shape index (κ1) is 22.9. The topological polar surface area (TPSA) is 131 Å². The van der Waals surface area contributed by atoms with Crippen molar-refractivity contribution in [2.24, 2.45) is 0 Å². The predicted octanol–water partition coefficient (Wildman–Crippen LogP) is 2.65. The van der Waals surface area contributed by atoms with Crippen LogP contribution in [0.1, 0.15) is 37.0 Å². The van der Waals surface area contributed by atoms with E-state index in [0.29, 0.717) is 23.5 Å².